The molecular weight excluding hydrogens is 411 g/mol. The van der Waals surface area contributed by atoms with Crippen LogP contribution in [0.2, 0.25) is 0 Å². The first-order chi connectivity index (χ1) is 13.0. The molecule has 2 heterocycles. The number of benzene rings is 2. The Hall–Kier alpha value is -3.11. The minimum Gasteiger partial charge on any atom is -0.422 e. The fourth-order valence-electron chi connectivity index (χ4n) is 3.30. The molecule has 1 atom stereocenters. The van der Waals surface area contributed by atoms with Gasteiger partial charge in [-0.25, -0.2) is 9.07 Å². The van der Waals surface area contributed by atoms with Gasteiger partial charge in [-0.3, -0.25) is 0 Å². The molecular formula is C20H14BrFN4O. The molecule has 1 aliphatic heterocycles. The fraction of sp³-hybridized carbons (Fsp3) is 0.100. The molecule has 2 N–H and O–H groups in total. The summed E-state index contributed by atoms with van der Waals surface area (Å²) in [6.45, 7) is 1.81. The van der Waals surface area contributed by atoms with Gasteiger partial charge in [0.1, 0.15) is 17.5 Å². The van der Waals surface area contributed by atoms with Gasteiger partial charge in [0.2, 0.25) is 11.8 Å². The van der Waals surface area contributed by atoms with Crippen molar-refractivity contribution in [3.8, 4) is 17.6 Å². The van der Waals surface area contributed by atoms with Crippen LogP contribution < -0.4 is 10.5 Å². The second kappa shape index (κ2) is 6.56. The quantitative estimate of drug-likeness (QED) is 0.664. The number of hydrogen-bond donors (Lipinski definition) is 1. The average Bonchev–Trinajstić information content (AvgIpc) is 2.98. The predicted molar refractivity (Wildman–Crippen MR) is 102 cm³/mol. The molecule has 0 saturated carbocycles. The molecule has 27 heavy (non-hydrogen) atoms. The van der Waals surface area contributed by atoms with Crippen LogP contribution in [0.3, 0.4) is 0 Å². The number of aromatic nitrogens is 2. The lowest BCUT2D eigenvalue weighted by Crippen LogP contribution is -2.22. The van der Waals surface area contributed by atoms with Crippen LogP contribution in [0.15, 0.2) is 64.5 Å². The first-order valence-corrected chi connectivity index (χ1v) is 8.98. The molecule has 4 rings (SSSR count). The third kappa shape index (κ3) is 2.78. The Labute approximate surface area is 163 Å². The molecule has 0 amide bonds. The molecule has 0 radical (unpaired) electrons. The summed E-state index contributed by atoms with van der Waals surface area (Å²) in [7, 11) is 0. The first kappa shape index (κ1) is 17.3. The van der Waals surface area contributed by atoms with Crippen molar-refractivity contribution in [2.24, 2.45) is 5.73 Å². The van der Waals surface area contributed by atoms with E-state index in [0.29, 0.717) is 27.2 Å². The van der Waals surface area contributed by atoms with E-state index in [0.717, 1.165) is 5.69 Å². The Morgan fingerprint density at radius 1 is 1.26 bits per heavy atom. The number of nitrogens with two attached hydrogens (primary N) is 1. The molecule has 0 aliphatic carbocycles. The largest absolute Gasteiger partial charge is 0.422 e. The maximum absolute atomic E-state index is 14.8. The van der Waals surface area contributed by atoms with Crippen molar-refractivity contribution in [3.63, 3.8) is 0 Å². The van der Waals surface area contributed by atoms with Gasteiger partial charge in [0.15, 0.2) is 0 Å². The predicted octanol–water partition coefficient (Wildman–Crippen LogP) is 4.30. The maximum atomic E-state index is 14.8. The standard InChI is InChI=1S/C20H14BrFN4O/c1-11-17-18(14-8-7-12(21)9-16(14)22)15(10-23)19(24)27-20(17)26(25-11)13-5-3-2-4-6-13/h2-9,18H,24H2,1H3. The maximum Gasteiger partial charge on any atom is 0.229 e. The summed E-state index contributed by atoms with van der Waals surface area (Å²) in [6.07, 6.45) is 0. The van der Waals surface area contributed by atoms with Crippen molar-refractivity contribution < 1.29 is 9.13 Å². The third-order valence-electron chi connectivity index (χ3n) is 4.51. The van der Waals surface area contributed by atoms with E-state index < -0.39 is 11.7 Å². The normalized spacial score (nSPS) is 15.9. The van der Waals surface area contributed by atoms with Crippen LogP contribution in [-0.4, -0.2) is 9.78 Å². The summed E-state index contributed by atoms with van der Waals surface area (Å²) in [6, 6.07) is 16.2. The Kier molecular flexibility index (Phi) is 4.21. The van der Waals surface area contributed by atoms with Crippen LogP contribution in [0.1, 0.15) is 22.7 Å². The van der Waals surface area contributed by atoms with Crippen LogP contribution in [0.25, 0.3) is 5.69 Å². The van der Waals surface area contributed by atoms with Crippen molar-refractivity contribution in [1.29, 1.82) is 5.26 Å². The third-order valence-corrected chi connectivity index (χ3v) is 5.00. The number of para-hydroxylation sites is 1. The SMILES string of the molecule is Cc1nn(-c2ccccc2)c2c1C(c1ccc(Br)cc1F)C(C#N)=C(N)O2. The van der Waals surface area contributed by atoms with Gasteiger partial charge in [-0.2, -0.15) is 10.4 Å². The fourth-order valence-corrected chi connectivity index (χ4v) is 3.64. The molecule has 1 unspecified atom stereocenters. The number of fused-ring (bicyclic) bond motifs is 1. The Morgan fingerprint density at radius 2 is 2.00 bits per heavy atom. The average molecular weight is 425 g/mol. The van der Waals surface area contributed by atoms with Crippen molar-refractivity contribution in [1.82, 2.24) is 9.78 Å². The van der Waals surface area contributed by atoms with Crippen LogP contribution in [0.4, 0.5) is 4.39 Å². The molecule has 0 bridgehead atoms. The number of aryl methyl sites for hydroxylation is 1. The van der Waals surface area contributed by atoms with E-state index in [1.807, 2.05) is 37.3 Å². The first-order valence-electron chi connectivity index (χ1n) is 8.18. The highest BCUT2D eigenvalue weighted by atomic mass is 79.9. The van der Waals surface area contributed by atoms with E-state index in [-0.39, 0.29) is 11.5 Å². The van der Waals surface area contributed by atoms with Gasteiger partial charge in [-0.05, 0) is 31.2 Å². The molecule has 7 heteroatoms. The van der Waals surface area contributed by atoms with E-state index in [1.165, 1.54) is 6.07 Å². The zero-order chi connectivity index (χ0) is 19.1. The van der Waals surface area contributed by atoms with E-state index >= 15 is 0 Å². The highest BCUT2D eigenvalue weighted by Gasteiger charge is 2.37. The molecule has 2 aromatic carbocycles. The Balaban J connectivity index is 1.98. The minimum atomic E-state index is -0.690. The summed E-state index contributed by atoms with van der Waals surface area (Å²) in [5, 5.41) is 14.2. The number of nitrogens with zero attached hydrogens (tertiary/aromatic N) is 3. The van der Waals surface area contributed by atoms with Gasteiger partial charge in [0.05, 0.1) is 22.9 Å². The monoisotopic (exact) mass is 424 g/mol. The summed E-state index contributed by atoms with van der Waals surface area (Å²) < 4.78 is 22.8. The number of hydrogen-bond acceptors (Lipinski definition) is 4. The minimum absolute atomic E-state index is 0.0469. The van der Waals surface area contributed by atoms with Crippen LogP contribution >= 0.6 is 15.9 Å². The lowest BCUT2D eigenvalue weighted by atomic mass is 9.84. The van der Waals surface area contributed by atoms with Gasteiger partial charge < -0.3 is 10.5 Å². The molecule has 1 aromatic heterocycles. The lowest BCUT2D eigenvalue weighted by molar-refractivity contribution is 0.366. The zero-order valence-electron chi connectivity index (χ0n) is 14.3. The van der Waals surface area contributed by atoms with E-state index in [4.69, 9.17) is 10.5 Å². The molecule has 5 nitrogen and oxygen atoms in total. The Morgan fingerprint density at radius 3 is 2.67 bits per heavy atom. The second-order valence-electron chi connectivity index (χ2n) is 6.14. The molecule has 1 aliphatic rings. The number of ether oxygens (including phenoxy) is 1. The summed E-state index contributed by atoms with van der Waals surface area (Å²) >= 11 is 3.26. The summed E-state index contributed by atoms with van der Waals surface area (Å²) in [4.78, 5) is 0. The van der Waals surface area contributed by atoms with Crippen molar-refractivity contribution in [2.45, 2.75) is 12.8 Å². The number of rotatable bonds is 2. The highest BCUT2D eigenvalue weighted by Crippen LogP contribution is 2.45. The van der Waals surface area contributed by atoms with Crippen LogP contribution in [-0.2, 0) is 0 Å². The van der Waals surface area contributed by atoms with Crippen LogP contribution in [0, 0.1) is 24.1 Å². The second-order valence-corrected chi connectivity index (χ2v) is 7.06. The van der Waals surface area contributed by atoms with Crippen molar-refractivity contribution >= 4 is 15.9 Å². The van der Waals surface area contributed by atoms with Gasteiger partial charge in [0, 0.05) is 10.0 Å². The molecule has 3 aromatic rings. The van der Waals surface area contributed by atoms with Gasteiger partial charge in [-0.15, -0.1) is 0 Å². The number of nitriles is 1. The molecule has 0 saturated heterocycles. The molecule has 0 fully saturated rings. The van der Waals surface area contributed by atoms with Crippen molar-refractivity contribution in [3.05, 3.63) is 87.1 Å². The lowest BCUT2D eigenvalue weighted by Gasteiger charge is -2.25. The van der Waals surface area contributed by atoms with Gasteiger partial charge in [0.25, 0.3) is 0 Å². The number of allylic oxidation sites excluding steroid dienone is 1. The summed E-state index contributed by atoms with van der Waals surface area (Å²) in [5.41, 5.74) is 8.59. The van der Waals surface area contributed by atoms with Crippen molar-refractivity contribution in [2.75, 3.05) is 0 Å². The van der Waals surface area contributed by atoms with Gasteiger partial charge >= 0.3 is 0 Å². The molecule has 0 spiro atoms. The zero-order valence-corrected chi connectivity index (χ0v) is 15.9. The van der Waals surface area contributed by atoms with E-state index in [9.17, 15) is 9.65 Å². The van der Waals surface area contributed by atoms with E-state index in [2.05, 4.69) is 27.1 Å². The van der Waals surface area contributed by atoms with Crippen LogP contribution in [0.5, 0.6) is 5.88 Å². The highest BCUT2D eigenvalue weighted by molar-refractivity contribution is 9.10. The van der Waals surface area contributed by atoms with Gasteiger partial charge in [-0.1, -0.05) is 40.2 Å². The number of halogens is 2. The topological polar surface area (TPSA) is 76.9 Å². The van der Waals surface area contributed by atoms with E-state index in [1.54, 1.807) is 16.8 Å². The smallest absolute Gasteiger partial charge is 0.229 e. The Bertz CT molecular complexity index is 1120. The summed E-state index contributed by atoms with van der Waals surface area (Å²) in [5.74, 6) is -0.782. The molecule has 134 valence electrons.